The number of primary amides is 1. The summed E-state index contributed by atoms with van der Waals surface area (Å²) in [6.07, 6.45) is -0.855. The Morgan fingerprint density at radius 2 is 1.92 bits per heavy atom. The van der Waals surface area contributed by atoms with Crippen LogP contribution in [0.15, 0.2) is 0 Å². The Balaban J connectivity index is 3.61. The average molecular weight is 175 g/mol. The van der Waals surface area contributed by atoms with Gasteiger partial charge in [-0.15, -0.1) is 0 Å². The minimum Gasteiger partial charge on any atom is -0.449 e. The maximum Gasteiger partial charge on any atom is 0.426 e. The molecule has 0 heterocycles. The quantitative estimate of drug-likeness (QED) is 0.324. The van der Waals surface area contributed by atoms with E-state index in [1.165, 1.54) is 0 Å². The molecular formula is C5H9N3O4. The van der Waals surface area contributed by atoms with Gasteiger partial charge in [0.1, 0.15) is 0 Å². The fourth-order valence-electron chi connectivity index (χ4n) is 0.337. The third kappa shape index (κ3) is 4.09. The molecule has 0 aromatic heterocycles. The molecule has 0 saturated heterocycles. The van der Waals surface area contributed by atoms with Gasteiger partial charge in [-0.2, -0.15) is 0 Å². The summed E-state index contributed by atoms with van der Waals surface area (Å²) in [5.74, 6) is -2.30. The highest BCUT2D eigenvalue weighted by atomic mass is 16.5. The molecule has 0 aliphatic rings. The lowest BCUT2D eigenvalue weighted by Crippen LogP contribution is -2.47. The van der Waals surface area contributed by atoms with Crippen molar-refractivity contribution in [2.75, 3.05) is 6.61 Å². The van der Waals surface area contributed by atoms with Crippen molar-refractivity contribution >= 4 is 17.9 Å². The molecule has 0 bridgehead atoms. The van der Waals surface area contributed by atoms with Crippen molar-refractivity contribution in [1.82, 2.24) is 10.9 Å². The third-order valence-electron chi connectivity index (χ3n) is 0.777. The number of ether oxygens (including phenoxy) is 1. The number of hydrogen-bond acceptors (Lipinski definition) is 4. The Morgan fingerprint density at radius 1 is 1.33 bits per heavy atom. The summed E-state index contributed by atoms with van der Waals surface area (Å²) in [5, 5.41) is 0. The lowest BCUT2D eigenvalue weighted by molar-refractivity contribution is -0.137. The predicted molar refractivity (Wildman–Crippen MR) is 37.5 cm³/mol. The number of carbonyl (C=O) groups excluding carboxylic acids is 3. The third-order valence-corrected chi connectivity index (χ3v) is 0.777. The Kier molecular flexibility index (Phi) is 4.20. The largest absolute Gasteiger partial charge is 0.449 e. The van der Waals surface area contributed by atoms with Gasteiger partial charge in [0, 0.05) is 0 Å². The minimum absolute atomic E-state index is 0.165. The molecule has 0 aliphatic heterocycles. The minimum atomic E-state index is -1.19. The van der Waals surface area contributed by atoms with Gasteiger partial charge in [-0.05, 0) is 6.92 Å². The van der Waals surface area contributed by atoms with E-state index in [9.17, 15) is 14.4 Å². The van der Waals surface area contributed by atoms with Gasteiger partial charge in [-0.25, -0.2) is 10.2 Å². The highest BCUT2D eigenvalue weighted by Crippen LogP contribution is 1.72. The molecule has 3 amide bonds. The lowest BCUT2D eigenvalue weighted by atomic mass is 10.6. The van der Waals surface area contributed by atoms with E-state index in [0.717, 1.165) is 0 Å². The number of hydrogen-bond donors (Lipinski definition) is 3. The normalized spacial score (nSPS) is 8.42. The number of rotatable bonds is 1. The highest BCUT2D eigenvalue weighted by molar-refractivity contribution is 6.34. The molecule has 0 radical (unpaired) electrons. The van der Waals surface area contributed by atoms with Gasteiger partial charge < -0.3 is 10.5 Å². The van der Waals surface area contributed by atoms with Gasteiger partial charge >= 0.3 is 17.9 Å². The van der Waals surface area contributed by atoms with Crippen LogP contribution < -0.4 is 16.6 Å². The van der Waals surface area contributed by atoms with Crippen molar-refractivity contribution in [2.24, 2.45) is 5.73 Å². The van der Waals surface area contributed by atoms with E-state index >= 15 is 0 Å². The maximum atomic E-state index is 10.5. The second-order valence-corrected chi connectivity index (χ2v) is 1.66. The van der Waals surface area contributed by atoms with Crippen LogP contribution in [-0.2, 0) is 14.3 Å². The van der Waals surface area contributed by atoms with Gasteiger partial charge in [0.15, 0.2) is 0 Å². The molecule has 7 nitrogen and oxygen atoms in total. The van der Waals surface area contributed by atoms with E-state index in [1.807, 2.05) is 0 Å². The Labute approximate surface area is 68.2 Å². The van der Waals surface area contributed by atoms with Gasteiger partial charge in [-0.3, -0.25) is 15.0 Å². The summed E-state index contributed by atoms with van der Waals surface area (Å²) in [7, 11) is 0. The number of amides is 3. The molecule has 7 heteroatoms. The molecule has 0 rings (SSSR count). The lowest BCUT2D eigenvalue weighted by Gasteiger charge is -2.03. The van der Waals surface area contributed by atoms with E-state index in [-0.39, 0.29) is 6.61 Å². The van der Waals surface area contributed by atoms with E-state index < -0.39 is 17.9 Å². The summed E-state index contributed by atoms with van der Waals surface area (Å²) in [5.41, 5.74) is 8.08. The first-order valence-electron chi connectivity index (χ1n) is 3.10. The zero-order valence-corrected chi connectivity index (χ0v) is 6.42. The number of carbonyl (C=O) groups is 3. The van der Waals surface area contributed by atoms with Gasteiger partial charge in [0.2, 0.25) is 0 Å². The topological polar surface area (TPSA) is 111 Å². The van der Waals surface area contributed by atoms with Crippen LogP contribution in [0.3, 0.4) is 0 Å². The van der Waals surface area contributed by atoms with Crippen LogP contribution in [0.5, 0.6) is 0 Å². The molecule has 0 unspecified atom stereocenters. The molecule has 0 aromatic carbocycles. The van der Waals surface area contributed by atoms with Crippen molar-refractivity contribution in [2.45, 2.75) is 6.92 Å². The number of nitrogens with two attached hydrogens (primary N) is 1. The first-order valence-corrected chi connectivity index (χ1v) is 3.10. The van der Waals surface area contributed by atoms with Crippen LogP contribution in [0.1, 0.15) is 6.92 Å². The SMILES string of the molecule is CCOC(=O)NNC(=O)C(N)=O. The van der Waals surface area contributed by atoms with Gasteiger partial charge in [-0.1, -0.05) is 0 Å². The summed E-state index contributed by atoms with van der Waals surface area (Å²) in [6.45, 7) is 1.76. The van der Waals surface area contributed by atoms with Gasteiger partial charge in [0.05, 0.1) is 6.61 Å². The van der Waals surface area contributed by atoms with E-state index in [0.29, 0.717) is 0 Å². The van der Waals surface area contributed by atoms with E-state index in [4.69, 9.17) is 0 Å². The predicted octanol–water partition coefficient (Wildman–Crippen LogP) is -1.75. The second-order valence-electron chi connectivity index (χ2n) is 1.66. The molecule has 0 saturated carbocycles. The Morgan fingerprint density at radius 3 is 2.33 bits per heavy atom. The monoisotopic (exact) mass is 175 g/mol. The van der Waals surface area contributed by atoms with Crippen LogP contribution in [0.4, 0.5) is 4.79 Å². The molecule has 0 atom stereocenters. The van der Waals surface area contributed by atoms with Crippen molar-refractivity contribution in [1.29, 1.82) is 0 Å². The van der Waals surface area contributed by atoms with E-state index in [2.05, 4.69) is 10.5 Å². The fraction of sp³-hybridized carbons (Fsp3) is 0.400. The summed E-state index contributed by atoms with van der Waals surface area (Å²) in [4.78, 5) is 31.0. The van der Waals surface area contributed by atoms with Crippen molar-refractivity contribution in [3.05, 3.63) is 0 Å². The van der Waals surface area contributed by atoms with Crippen LogP contribution in [0, 0.1) is 0 Å². The maximum absolute atomic E-state index is 10.5. The molecule has 0 spiro atoms. The highest BCUT2D eigenvalue weighted by Gasteiger charge is 2.08. The Hall–Kier alpha value is -1.79. The number of hydrazine groups is 1. The summed E-state index contributed by atoms with van der Waals surface area (Å²) >= 11 is 0. The standard InChI is InChI=1S/C5H9N3O4/c1-2-12-5(11)8-7-4(10)3(6)9/h2H2,1H3,(H2,6,9)(H,7,10)(H,8,11). The molecule has 0 aliphatic carbocycles. The fourth-order valence-corrected chi connectivity index (χ4v) is 0.337. The van der Waals surface area contributed by atoms with Crippen LogP contribution in [0.2, 0.25) is 0 Å². The van der Waals surface area contributed by atoms with Crippen LogP contribution in [-0.4, -0.2) is 24.5 Å². The first kappa shape index (κ1) is 10.2. The molecule has 12 heavy (non-hydrogen) atoms. The van der Waals surface area contributed by atoms with Gasteiger partial charge in [0.25, 0.3) is 0 Å². The smallest absolute Gasteiger partial charge is 0.426 e. The van der Waals surface area contributed by atoms with Crippen LogP contribution >= 0.6 is 0 Å². The van der Waals surface area contributed by atoms with Crippen LogP contribution in [0.25, 0.3) is 0 Å². The average Bonchev–Trinajstić information content (AvgIpc) is 2.00. The Bertz CT molecular complexity index is 203. The van der Waals surface area contributed by atoms with Crippen molar-refractivity contribution in [3.8, 4) is 0 Å². The van der Waals surface area contributed by atoms with E-state index in [1.54, 1.807) is 17.8 Å². The molecular weight excluding hydrogens is 166 g/mol. The molecule has 4 N–H and O–H groups in total. The van der Waals surface area contributed by atoms with Crippen molar-refractivity contribution < 1.29 is 19.1 Å². The summed E-state index contributed by atoms with van der Waals surface area (Å²) < 4.78 is 4.36. The van der Waals surface area contributed by atoms with Crippen molar-refractivity contribution in [3.63, 3.8) is 0 Å². The number of nitrogens with one attached hydrogen (secondary N) is 2. The molecule has 68 valence electrons. The first-order chi connectivity index (χ1) is 5.57. The zero-order chi connectivity index (χ0) is 9.56. The molecule has 0 aromatic rings. The summed E-state index contributed by atoms with van der Waals surface area (Å²) in [6, 6.07) is 0. The zero-order valence-electron chi connectivity index (χ0n) is 6.42. The second kappa shape index (κ2) is 4.94. The molecule has 0 fully saturated rings.